The molecule has 1 aliphatic heterocycles. The number of benzene rings is 2. The Balaban J connectivity index is 1.26. The molecule has 2 fully saturated rings. The fraction of sp³-hybridized carbons (Fsp3) is 0.417. The molecule has 0 radical (unpaired) electrons. The van der Waals surface area contributed by atoms with Gasteiger partial charge in [-0.25, -0.2) is 4.79 Å². The Bertz CT molecular complexity index is 875. The van der Waals surface area contributed by atoms with E-state index in [2.05, 4.69) is 22.3 Å². The first-order valence-corrected chi connectivity index (χ1v) is 10.9. The summed E-state index contributed by atoms with van der Waals surface area (Å²) in [6.45, 7) is 3.43. The molecule has 1 aliphatic carbocycles. The summed E-state index contributed by atoms with van der Waals surface area (Å²) < 4.78 is 5.23. The normalized spacial score (nSPS) is 16.3. The van der Waals surface area contributed by atoms with Gasteiger partial charge in [0.25, 0.3) is 0 Å². The van der Waals surface area contributed by atoms with Crippen LogP contribution in [0.4, 0.5) is 10.5 Å². The second kappa shape index (κ2) is 9.83. The first-order chi connectivity index (χ1) is 15.1. The maximum absolute atomic E-state index is 12.9. The second-order valence-corrected chi connectivity index (χ2v) is 8.15. The number of para-hydroxylation sites is 1. The highest BCUT2D eigenvalue weighted by Crippen LogP contribution is 2.28. The van der Waals surface area contributed by atoms with Crippen molar-refractivity contribution in [2.75, 3.05) is 45.2 Å². The van der Waals surface area contributed by atoms with Crippen molar-refractivity contribution in [3.8, 4) is 5.75 Å². The van der Waals surface area contributed by atoms with E-state index < -0.39 is 0 Å². The molecular weight excluding hydrogens is 392 g/mol. The summed E-state index contributed by atoms with van der Waals surface area (Å²) in [7, 11) is 1.66. The quantitative estimate of drug-likeness (QED) is 0.745. The van der Waals surface area contributed by atoms with Gasteiger partial charge in [-0.15, -0.1) is 0 Å². The van der Waals surface area contributed by atoms with E-state index in [-0.39, 0.29) is 11.9 Å². The highest BCUT2D eigenvalue weighted by atomic mass is 16.5. The van der Waals surface area contributed by atoms with E-state index in [1.807, 2.05) is 47.4 Å². The number of piperazine rings is 1. The largest absolute Gasteiger partial charge is 0.497 e. The van der Waals surface area contributed by atoms with E-state index in [0.717, 1.165) is 30.8 Å². The smallest absolute Gasteiger partial charge is 0.321 e. The molecule has 1 saturated carbocycles. The van der Waals surface area contributed by atoms with E-state index in [9.17, 15) is 9.59 Å². The van der Waals surface area contributed by atoms with Gasteiger partial charge in [-0.05, 0) is 42.7 Å². The van der Waals surface area contributed by atoms with Gasteiger partial charge in [0.2, 0.25) is 5.91 Å². The molecule has 7 heteroatoms. The molecule has 2 aliphatic rings. The standard InChI is InChI=1S/C24H30N4O3/c1-31-22-11-7-19(8-12-22)17-28(21-9-10-21)18-23(29)26-13-15-27(16-14-26)24(30)25-20-5-3-2-4-6-20/h2-8,11-12,21H,9-10,13-18H2,1H3,(H,25,30). The summed E-state index contributed by atoms with van der Waals surface area (Å²) in [5.41, 5.74) is 1.97. The molecule has 31 heavy (non-hydrogen) atoms. The lowest BCUT2D eigenvalue weighted by molar-refractivity contribution is -0.134. The maximum atomic E-state index is 12.9. The fourth-order valence-electron chi connectivity index (χ4n) is 3.88. The van der Waals surface area contributed by atoms with E-state index in [4.69, 9.17) is 4.74 Å². The minimum absolute atomic E-state index is 0.114. The SMILES string of the molecule is COc1ccc(CN(CC(=O)N2CCN(C(=O)Nc3ccccc3)CC2)C2CC2)cc1. The van der Waals surface area contributed by atoms with Crippen molar-refractivity contribution in [3.63, 3.8) is 0 Å². The topological polar surface area (TPSA) is 65.1 Å². The van der Waals surface area contributed by atoms with Crippen LogP contribution in [-0.4, -0.2) is 72.5 Å². The van der Waals surface area contributed by atoms with E-state index in [0.29, 0.717) is 38.8 Å². The molecule has 0 spiro atoms. The van der Waals surface area contributed by atoms with E-state index in [1.165, 1.54) is 5.56 Å². The molecule has 4 rings (SSSR count). The van der Waals surface area contributed by atoms with Crippen LogP contribution in [0.2, 0.25) is 0 Å². The van der Waals surface area contributed by atoms with Crippen LogP contribution >= 0.6 is 0 Å². The Morgan fingerprint density at radius 2 is 1.61 bits per heavy atom. The van der Waals surface area contributed by atoms with Gasteiger partial charge in [0.15, 0.2) is 0 Å². The molecule has 1 saturated heterocycles. The number of nitrogens with one attached hydrogen (secondary N) is 1. The number of rotatable bonds is 7. The van der Waals surface area contributed by atoms with Gasteiger partial charge in [0.1, 0.15) is 5.75 Å². The summed E-state index contributed by atoms with van der Waals surface area (Å²) in [4.78, 5) is 31.3. The number of carbonyl (C=O) groups is 2. The van der Waals surface area contributed by atoms with E-state index in [1.54, 1.807) is 12.0 Å². The minimum Gasteiger partial charge on any atom is -0.497 e. The van der Waals surface area contributed by atoms with Crippen molar-refractivity contribution in [1.29, 1.82) is 0 Å². The average Bonchev–Trinajstić information content (AvgIpc) is 3.65. The Morgan fingerprint density at radius 1 is 0.968 bits per heavy atom. The molecular formula is C24H30N4O3. The number of ether oxygens (including phenoxy) is 1. The van der Waals surface area contributed by atoms with Crippen LogP contribution in [0.15, 0.2) is 54.6 Å². The third-order valence-electron chi connectivity index (χ3n) is 5.89. The molecule has 7 nitrogen and oxygen atoms in total. The lowest BCUT2D eigenvalue weighted by atomic mass is 10.2. The van der Waals surface area contributed by atoms with Gasteiger partial charge in [-0.1, -0.05) is 30.3 Å². The maximum Gasteiger partial charge on any atom is 0.321 e. The summed E-state index contributed by atoms with van der Waals surface area (Å²) in [6, 6.07) is 17.9. The molecule has 0 unspecified atom stereocenters. The monoisotopic (exact) mass is 422 g/mol. The number of carbonyl (C=O) groups excluding carboxylic acids is 2. The number of methoxy groups -OCH3 is 1. The van der Waals surface area contributed by atoms with Crippen LogP contribution in [0.1, 0.15) is 18.4 Å². The number of anilines is 1. The average molecular weight is 423 g/mol. The minimum atomic E-state index is -0.114. The third kappa shape index (κ3) is 5.76. The van der Waals surface area contributed by atoms with Crippen LogP contribution in [0.5, 0.6) is 5.75 Å². The van der Waals surface area contributed by atoms with Crippen LogP contribution < -0.4 is 10.1 Å². The first kappa shape index (κ1) is 21.2. The third-order valence-corrected chi connectivity index (χ3v) is 5.89. The highest BCUT2D eigenvalue weighted by Gasteiger charge is 2.32. The Morgan fingerprint density at radius 3 is 2.23 bits per heavy atom. The molecule has 164 valence electrons. The molecule has 2 aromatic carbocycles. The predicted octanol–water partition coefficient (Wildman–Crippen LogP) is 3.04. The Labute approximate surface area is 183 Å². The van der Waals surface area contributed by atoms with Gasteiger partial charge in [-0.2, -0.15) is 0 Å². The zero-order chi connectivity index (χ0) is 21.6. The second-order valence-electron chi connectivity index (χ2n) is 8.15. The molecule has 1 N–H and O–H groups in total. The van der Waals surface area contributed by atoms with Crippen LogP contribution in [0, 0.1) is 0 Å². The van der Waals surface area contributed by atoms with Crippen LogP contribution in [0.25, 0.3) is 0 Å². The van der Waals surface area contributed by atoms with Crippen molar-refractivity contribution >= 4 is 17.6 Å². The predicted molar refractivity (Wildman–Crippen MR) is 120 cm³/mol. The Kier molecular flexibility index (Phi) is 6.72. The molecule has 1 heterocycles. The zero-order valence-electron chi connectivity index (χ0n) is 18.0. The summed E-state index contributed by atoms with van der Waals surface area (Å²) >= 11 is 0. The van der Waals surface area contributed by atoms with Crippen molar-refractivity contribution in [1.82, 2.24) is 14.7 Å². The zero-order valence-corrected chi connectivity index (χ0v) is 18.0. The lowest BCUT2D eigenvalue weighted by Gasteiger charge is -2.36. The van der Waals surface area contributed by atoms with Gasteiger partial charge < -0.3 is 19.9 Å². The number of nitrogens with zero attached hydrogens (tertiary/aromatic N) is 3. The lowest BCUT2D eigenvalue weighted by Crippen LogP contribution is -2.53. The molecule has 0 aromatic heterocycles. The highest BCUT2D eigenvalue weighted by molar-refractivity contribution is 5.89. The van der Waals surface area contributed by atoms with Crippen molar-refractivity contribution in [2.45, 2.75) is 25.4 Å². The fourth-order valence-corrected chi connectivity index (χ4v) is 3.88. The van der Waals surface area contributed by atoms with Gasteiger partial charge >= 0.3 is 6.03 Å². The van der Waals surface area contributed by atoms with Crippen LogP contribution in [-0.2, 0) is 11.3 Å². The molecule has 3 amide bonds. The molecule has 0 bridgehead atoms. The Hall–Kier alpha value is -3.06. The number of urea groups is 1. The van der Waals surface area contributed by atoms with Gasteiger partial charge in [-0.3, -0.25) is 9.69 Å². The number of amides is 3. The number of hydrogen-bond acceptors (Lipinski definition) is 4. The number of hydrogen-bond donors (Lipinski definition) is 1. The van der Waals surface area contributed by atoms with Gasteiger partial charge in [0.05, 0.1) is 13.7 Å². The van der Waals surface area contributed by atoms with Crippen molar-refractivity contribution < 1.29 is 14.3 Å². The summed E-state index contributed by atoms with van der Waals surface area (Å²) in [5.74, 6) is 0.982. The molecule has 0 atom stereocenters. The summed E-state index contributed by atoms with van der Waals surface area (Å²) in [6.07, 6.45) is 2.30. The summed E-state index contributed by atoms with van der Waals surface area (Å²) in [5, 5.41) is 2.91. The van der Waals surface area contributed by atoms with Crippen LogP contribution in [0.3, 0.4) is 0 Å². The van der Waals surface area contributed by atoms with Gasteiger partial charge in [0, 0.05) is 44.5 Å². The van der Waals surface area contributed by atoms with Crippen molar-refractivity contribution in [2.24, 2.45) is 0 Å². The first-order valence-electron chi connectivity index (χ1n) is 10.9. The molecule has 2 aromatic rings. The van der Waals surface area contributed by atoms with Crippen molar-refractivity contribution in [3.05, 3.63) is 60.2 Å². The van der Waals surface area contributed by atoms with E-state index >= 15 is 0 Å².